The Bertz CT molecular complexity index is 574. The molecule has 0 aromatic heterocycles. The van der Waals surface area contributed by atoms with E-state index in [2.05, 4.69) is 34.5 Å². The minimum absolute atomic E-state index is 0.0453. The number of nitrogens with zero attached hydrogens (tertiary/aromatic N) is 2. The van der Waals surface area contributed by atoms with Crippen LogP contribution in [-0.2, 0) is 9.59 Å². The van der Waals surface area contributed by atoms with Gasteiger partial charge in [0.1, 0.15) is 0 Å². The molecule has 1 fully saturated rings. The summed E-state index contributed by atoms with van der Waals surface area (Å²) in [7, 11) is 4.23. The molecule has 0 aliphatic carbocycles. The monoisotopic (exact) mass is 332 g/mol. The van der Waals surface area contributed by atoms with E-state index < -0.39 is 0 Å². The molecule has 0 saturated carbocycles. The molecule has 0 bridgehead atoms. The first-order chi connectivity index (χ1) is 11.5. The molecule has 2 N–H and O–H groups in total. The van der Waals surface area contributed by atoms with Crippen LogP contribution in [0.25, 0.3) is 0 Å². The van der Waals surface area contributed by atoms with Gasteiger partial charge in [0, 0.05) is 19.5 Å². The Labute approximate surface area is 144 Å². The van der Waals surface area contributed by atoms with Gasteiger partial charge in [-0.2, -0.15) is 0 Å². The second kappa shape index (κ2) is 8.80. The van der Waals surface area contributed by atoms with Gasteiger partial charge in [0.2, 0.25) is 11.8 Å². The zero-order valence-corrected chi connectivity index (χ0v) is 14.8. The van der Waals surface area contributed by atoms with E-state index in [1.165, 1.54) is 13.3 Å². The quantitative estimate of drug-likeness (QED) is 0.866. The van der Waals surface area contributed by atoms with Crippen LogP contribution >= 0.6 is 0 Å². The largest absolute Gasteiger partial charge is 0.325 e. The van der Waals surface area contributed by atoms with Gasteiger partial charge in [0.25, 0.3) is 0 Å². The van der Waals surface area contributed by atoms with E-state index in [1.54, 1.807) is 12.1 Å². The van der Waals surface area contributed by atoms with Crippen molar-refractivity contribution < 1.29 is 9.59 Å². The van der Waals surface area contributed by atoms with Crippen LogP contribution in [0.2, 0.25) is 0 Å². The van der Waals surface area contributed by atoms with E-state index in [0.717, 1.165) is 25.9 Å². The van der Waals surface area contributed by atoms with Crippen LogP contribution in [0.15, 0.2) is 24.3 Å². The molecule has 1 heterocycles. The van der Waals surface area contributed by atoms with Crippen molar-refractivity contribution in [2.45, 2.75) is 32.2 Å². The number of hydrogen-bond donors (Lipinski definition) is 2. The van der Waals surface area contributed by atoms with Gasteiger partial charge in [0.05, 0.1) is 17.9 Å². The Kier molecular flexibility index (Phi) is 6.75. The van der Waals surface area contributed by atoms with Crippen molar-refractivity contribution in [3.8, 4) is 0 Å². The molecule has 1 aromatic carbocycles. The van der Waals surface area contributed by atoms with E-state index in [1.807, 2.05) is 12.1 Å². The molecule has 1 aliphatic heterocycles. The third-order valence-electron chi connectivity index (χ3n) is 4.40. The number of carbonyl (C=O) groups is 2. The lowest BCUT2D eigenvalue weighted by Gasteiger charge is -2.23. The predicted octanol–water partition coefficient (Wildman–Crippen LogP) is 2.00. The highest BCUT2D eigenvalue weighted by molar-refractivity contribution is 5.99. The number of hydrogen-bond acceptors (Lipinski definition) is 4. The van der Waals surface area contributed by atoms with Crippen molar-refractivity contribution in [2.75, 3.05) is 44.4 Å². The van der Waals surface area contributed by atoms with Gasteiger partial charge >= 0.3 is 0 Å². The molecule has 0 spiro atoms. The smallest absolute Gasteiger partial charge is 0.238 e. The molecule has 24 heavy (non-hydrogen) atoms. The Morgan fingerprint density at radius 1 is 1.12 bits per heavy atom. The Balaban J connectivity index is 1.90. The summed E-state index contributed by atoms with van der Waals surface area (Å²) in [5.74, 6) is -0.199. The van der Waals surface area contributed by atoms with Crippen molar-refractivity contribution in [1.29, 1.82) is 0 Å². The molecule has 1 atom stereocenters. The average Bonchev–Trinajstić information content (AvgIpc) is 2.74. The van der Waals surface area contributed by atoms with Crippen LogP contribution in [0.4, 0.5) is 11.4 Å². The van der Waals surface area contributed by atoms with Gasteiger partial charge in [-0.05, 0) is 52.0 Å². The lowest BCUT2D eigenvalue weighted by Crippen LogP contribution is -2.35. The maximum Gasteiger partial charge on any atom is 0.238 e. The zero-order chi connectivity index (χ0) is 17.5. The molecule has 1 aromatic rings. The van der Waals surface area contributed by atoms with Crippen molar-refractivity contribution in [2.24, 2.45) is 0 Å². The molecule has 2 rings (SSSR count). The fraction of sp³-hybridized carbons (Fsp3) is 0.556. The minimum atomic E-state index is -0.154. The van der Waals surface area contributed by atoms with E-state index in [9.17, 15) is 9.59 Å². The molecule has 132 valence electrons. The number of nitrogens with one attached hydrogen (secondary N) is 2. The number of likely N-dealkylation sites (tertiary alicyclic amines) is 1. The second-order valence-electron chi connectivity index (χ2n) is 6.60. The summed E-state index contributed by atoms with van der Waals surface area (Å²) >= 11 is 0. The maximum atomic E-state index is 12.4. The van der Waals surface area contributed by atoms with Gasteiger partial charge in [-0.1, -0.05) is 12.1 Å². The van der Waals surface area contributed by atoms with Crippen LogP contribution in [0, 0.1) is 0 Å². The van der Waals surface area contributed by atoms with Crippen LogP contribution < -0.4 is 10.6 Å². The van der Waals surface area contributed by atoms with Crippen LogP contribution in [0.5, 0.6) is 0 Å². The molecule has 0 unspecified atom stereocenters. The Hall–Kier alpha value is -1.92. The minimum Gasteiger partial charge on any atom is -0.325 e. The highest BCUT2D eigenvalue weighted by Gasteiger charge is 2.20. The van der Waals surface area contributed by atoms with Crippen molar-refractivity contribution >= 4 is 23.2 Å². The summed E-state index contributed by atoms with van der Waals surface area (Å²) < 4.78 is 0. The first-order valence-corrected chi connectivity index (χ1v) is 8.51. The van der Waals surface area contributed by atoms with Gasteiger partial charge in [-0.15, -0.1) is 0 Å². The molecule has 6 heteroatoms. The van der Waals surface area contributed by atoms with Crippen LogP contribution in [-0.4, -0.2) is 61.4 Å². The summed E-state index contributed by atoms with van der Waals surface area (Å²) in [6.45, 7) is 3.72. The lowest BCUT2D eigenvalue weighted by atomic mass is 10.1. The standard InChI is InChI=1S/C18H28N4O2/c1-14(23)19-16-8-4-5-9-17(16)20-18(24)13-22-11-6-7-15(10-12-22)21(2)3/h4-5,8-9,15H,6-7,10-13H2,1-3H3,(H,19,23)(H,20,24)/t15-/m1/s1. The third-order valence-corrected chi connectivity index (χ3v) is 4.40. The Morgan fingerprint density at radius 2 is 1.79 bits per heavy atom. The van der Waals surface area contributed by atoms with Crippen molar-refractivity contribution in [3.63, 3.8) is 0 Å². The number of rotatable bonds is 5. The number of amides is 2. The average molecular weight is 332 g/mol. The summed E-state index contributed by atoms with van der Waals surface area (Å²) in [6, 6.07) is 7.85. The molecule has 2 amide bonds. The Morgan fingerprint density at radius 3 is 2.42 bits per heavy atom. The fourth-order valence-electron chi connectivity index (χ4n) is 3.10. The summed E-state index contributed by atoms with van der Waals surface area (Å²) in [4.78, 5) is 28.1. The highest BCUT2D eigenvalue weighted by atomic mass is 16.2. The van der Waals surface area contributed by atoms with E-state index in [-0.39, 0.29) is 11.8 Å². The predicted molar refractivity (Wildman–Crippen MR) is 97.1 cm³/mol. The summed E-state index contributed by atoms with van der Waals surface area (Å²) in [6.07, 6.45) is 3.37. The van der Waals surface area contributed by atoms with Gasteiger partial charge in [-0.3, -0.25) is 14.5 Å². The maximum absolute atomic E-state index is 12.4. The second-order valence-corrected chi connectivity index (χ2v) is 6.60. The molecule has 1 aliphatic rings. The van der Waals surface area contributed by atoms with Gasteiger partial charge in [0.15, 0.2) is 0 Å². The van der Waals surface area contributed by atoms with Gasteiger partial charge in [-0.25, -0.2) is 0 Å². The zero-order valence-electron chi connectivity index (χ0n) is 14.8. The fourth-order valence-corrected chi connectivity index (χ4v) is 3.10. The van der Waals surface area contributed by atoms with E-state index in [4.69, 9.17) is 0 Å². The number of carbonyl (C=O) groups excluding carboxylic acids is 2. The number of anilines is 2. The topological polar surface area (TPSA) is 64.7 Å². The van der Waals surface area contributed by atoms with Crippen molar-refractivity contribution in [1.82, 2.24) is 9.80 Å². The number of para-hydroxylation sites is 2. The normalized spacial score (nSPS) is 18.9. The molecular weight excluding hydrogens is 304 g/mol. The first kappa shape index (κ1) is 18.4. The summed E-state index contributed by atoms with van der Waals surface area (Å²) in [5, 5.41) is 5.65. The third kappa shape index (κ3) is 5.62. The summed E-state index contributed by atoms with van der Waals surface area (Å²) in [5.41, 5.74) is 1.26. The SMILES string of the molecule is CC(=O)Nc1ccccc1NC(=O)CN1CCC[C@@H](N(C)C)CC1. The number of benzene rings is 1. The lowest BCUT2D eigenvalue weighted by molar-refractivity contribution is -0.117. The molecule has 0 radical (unpaired) electrons. The van der Waals surface area contributed by atoms with Crippen LogP contribution in [0.1, 0.15) is 26.2 Å². The first-order valence-electron chi connectivity index (χ1n) is 8.51. The van der Waals surface area contributed by atoms with E-state index in [0.29, 0.717) is 24.0 Å². The highest BCUT2D eigenvalue weighted by Crippen LogP contribution is 2.21. The molecule has 1 saturated heterocycles. The van der Waals surface area contributed by atoms with E-state index >= 15 is 0 Å². The van der Waals surface area contributed by atoms with Crippen LogP contribution in [0.3, 0.4) is 0 Å². The van der Waals surface area contributed by atoms with Crippen molar-refractivity contribution in [3.05, 3.63) is 24.3 Å². The molecular formula is C18H28N4O2. The van der Waals surface area contributed by atoms with Gasteiger partial charge < -0.3 is 15.5 Å². The molecule has 6 nitrogen and oxygen atoms in total.